The van der Waals surface area contributed by atoms with E-state index in [1.807, 2.05) is 18.2 Å². The molecule has 0 spiro atoms. The fraction of sp³-hybridized carbons (Fsp3) is 0.429. The van der Waals surface area contributed by atoms with Gasteiger partial charge in [-0.2, -0.15) is 0 Å². The quantitative estimate of drug-likeness (QED) is 0.754. The van der Waals surface area contributed by atoms with Crippen LogP contribution in [0.1, 0.15) is 12.8 Å². The van der Waals surface area contributed by atoms with Gasteiger partial charge in [-0.3, -0.25) is 4.79 Å². The fourth-order valence-corrected chi connectivity index (χ4v) is 2.25. The summed E-state index contributed by atoms with van der Waals surface area (Å²) in [6.07, 6.45) is 1.12. The molecule has 1 amide bonds. The number of para-hydroxylation sites is 2. The minimum atomic E-state index is -0.748. The Morgan fingerprint density at radius 1 is 1.32 bits per heavy atom. The normalized spacial score (nSPS) is 21.3. The Morgan fingerprint density at radius 3 is 2.74 bits per heavy atom. The molecule has 100 valence electrons. The van der Waals surface area contributed by atoms with E-state index in [1.165, 1.54) is 7.11 Å². The van der Waals surface area contributed by atoms with E-state index in [2.05, 4.69) is 0 Å². The molecule has 1 fully saturated rings. The maximum atomic E-state index is 12.3. The van der Waals surface area contributed by atoms with Crippen LogP contribution in [0.25, 0.3) is 0 Å². The van der Waals surface area contributed by atoms with Crippen LogP contribution in [0.2, 0.25) is 0 Å². The average molecular weight is 261 g/mol. The molecule has 0 bridgehead atoms. The minimum absolute atomic E-state index is 0.0738. The standard InChI is InChI=1S/C14H15NO4/c1-18-14(17)12-8-15(13(16)9-6-7-9)10-4-2-3-5-11(10)19-12/h2-5,9,12H,6-8H2,1H3/t12-/m0/s1. The lowest BCUT2D eigenvalue weighted by molar-refractivity contribution is -0.148. The monoisotopic (exact) mass is 261 g/mol. The first-order valence-electron chi connectivity index (χ1n) is 6.35. The molecule has 3 rings (SSSR count). The predicted molar refractivity (Wildman–Crippen MR) is 68.0 cm³/mol. The molecule has 1 aliphatic heterocycles. The summed E-state index contributed by atoms with van der Waals surface area (Å²) in [5.74, 6) is 0.273. The number of hydrogen-bond acceptors (Lipinski definition) is 4. The fourth-order valence-electron chi connectivity index (χ4n) is 2.25. The number of rotatable bonds is 2. The minimum Gasteiger partial charge on any atom is -0.475 e. The molecular weight excluding hydrogens is 246 g/mol. The van der Waals surface area contributed by atoms with Gasteiger partial charge in [0.2, 0.25) is 12.0 Å². The molecule has 1 saturated carbocycles. The highest BCUT2D eigenvalue weighted by atomic mass is 16.6. The smallest absolute Gasteiger partial charge is 0.348 e. The van der Waals surface area contributed by atoms with E-state index in [0.29, 0.717) is 5.75 Å². The van der Waals surface area contributed by atoms with Crippen LogP contribution >= 0.6 is 0 Å². The summed E-state index contributed by atoms with van der Waals surface area (Å²) in [4.78, 5) is 25.6. The first-order valence-corrected chi connectivity index (χ1v) is 6.35. The summed E-state index contributed by atoms with van der Waals surface area (Å²) >= 11 is 0. The Balaban J connectivity index is 1.93. The zero-order chi connectivity index (χ0) is 13.4. The second kappa shape index (κ2) is 4.57. The SMILES string of the molecule is COC(=O)[C@@H]1CN(C(=O)C2CC2)c2ccccc2O1. The third-order valence-electron chi connectivity index (χ3n) is 3.43. The van der Waals surface area contributed by atoms with Gasteiger partial charge in [-0.15, -0.1) is 0 Å². The van der Waals surface area contributed by atoms with Crippen LogP contribution in [0.15, 0.2) is 24.3 Å². The predicted octanol–water partition coefficient (Wildman–Crippen LogP) is 1.36. The highest BCUT2D eigenvalue weighted by Gasteiger charge is 2.40. The van der Waals surface area contributed by atoms with Crippen LogP contribution in [-0.4, -0.2) is 31.6 Å². The van der Waals surface area contributed by atoms with Gasteiger partial charge in [0.25, 0.3) is 0 Å². The summed E-state index contributed by atoms with van der Waals surface area (Å²) in [6, 6.07) is 7.27. The van der Waals surface area contributed by atoms with Crippen molar-refractivity contribution in [1.29, 1.82) is 0 Å². The highest BCUT2D eigenvalue weighted by Crippen LogP contribution is 2.38. The largest absolute Gasteiger partial charge is 0.475 e. The summed E-state index contributed by atoms with van der Waals surface area (Å²) < 4.78 is 10.3. The van der Waals surface area contributed by atoms with Gasteiger partial charge < -0.3 is 14.4 Å². The van der Waals surface area contributed by atoms with Gasteiger partial charge in [0.05, 0.1) is 19.3 Å². The summed E-state index contributed by atoms with van der Waals surface area (Å²) in [5, 5.41) is 0. The zero-order valence-electron chi connectivity index (χ0n) is 10.7. The molecule has 0 unspecified atom stereocenters. The van der Waals surface area contributed by atoms with Crippen molar-refractivity contribution in [3.63, 3.8) is 0 Å². The van der Waals surface area contributed by atoms with E-state index in [4.69, 9.17) is 9.47 Å². The van der Waals surface area contributed by atoms with Crippen molar-refractivity contribution < 1.29 is 19.1 Å². The molecule has 5 heteroatoms. The number of hydrogen-bond donors (Lipinski definition) is 0. The van der Waals surface area contributed by atoms with Gasteiger partial charge in [-0.25, -0.2) is 4.79 Å². The van der Waals surface area contributed by atoms with Crippen LogP contribution in [0, 0.1) is 5.92 Å². The first kappa shape index (κ1) is 12.0. The van der Waals surface area contributed by atoms with Gasteiger partial charge in [0.15, 0.2) is 0 Å². The number of fused-ring (bicyclic) bond motifs is 1. The van der Waals surface area contributed by atoms with Crippen molar-refractivity contribution in [3.05, 3.63) is 24.3 Å². The summed E-state index contributed by atoms with van der Waals surface area (Å²) in [5.41, 5.74) is 0.736. The number of esters is 1. The van der Waals surface area contributed by atoms with Gasteiger partial charge in [0, 0.05) is 5.92 Å². The van der Waals surface area contributed by atoms with Crippen molar-refractivity contribution >= 4 is 17.6 Å². The molecule has 1 heterocycles. The Labute approximate surface area is 111 Å². The Morgan fingerprint density at radius 2 is 2.05 bits per heavy atom. The molecule has 0 radical (unpaired) electrons. The zero-order valence-corrected chi connectivity index (χ0v) is 10.7. The molecular formula is C14H15NO4. The van der Waals surface area contributed by atoms with Crippen molar-refractivity contribution in [3.8, 4) is 5.75 Å². The maximum Gasteiger partial charge on any atom is 0.348 e. The van der Waals surface area contributed by atoms with Crippen molar-refractivity contribution in [2.45, 2.75) is 18.9 Å². The second-order valence-corrected chi connectivity index (χ2v) is 4.82. The highest BCUT2D eigenvalue weighted by molar-refractivity contribution is 5.99. The summed E-state index contributed by atoms with van der Waals surface area (Å²) in [6.45, 7) is 0.221. The first-order chi connectivity index (χ1) is 9.20. The van der Waals surface area contributed by atoms with Gasteiger partial charge >= 0.3 is 5.97 Å². The van der Waals surface area contributed by atoms with E-state index >= 15 is 0 Å². The molecule has 1 aliphatic carbocycles. The van der Waals surface area contributed by atoms with Gasteiger partial charge in [-0.05, 0) is 25.0 Å². The Kier molecular flexibility index (Phi) is 2.89. The second-order valence-electron chi connectivity index (χ2n) is 4.82. The molecule has 1 aromatic rings. The van der Waals surface area contributed by atoms with E-state index in [9.17, 15) is 9.59 Å². The van der Waals surface area contributed by atoms with E-state index in [0.717, 1.165) is 18.5 Å². The maximum absolute atomic E-state index is 12.3. The van der Waals surface area contributed by atoms with E-state index in [1.54, 1.807) is 11.0 Å². The van der Waals surface area contributed by atoms with Crippen molar-refractivity contribution in [2.75, 3.05) is 18.6 Å². The van der Waals surface area contributed by atoms with E-state index < -0.39 is 12.1 Å². The summed E-state index contributed by atoms with van der Waals surface area (Å²) in [7, 11) is 1.32. The molecule has 0 saturated heterocycles. The lowest BCUT2D eigenvalue weighted by Crippen LogP contribution is -2.48. The number of nitrogens with zero attached hydrogens (tertiary/aromatic N) is 1. The van der Waals surface area contributed by atoms with E-state index in [-0.39, 0.29) is 18.4 Å². The number of methoxy groups -OCH3 is 1. The number of ether oxygens (including phenoxy) is 2. The number of carbonyl (C=O) groups is 2. The van der Waals surface area contributed by atoms with Gasteiger partial charge in [-0.1, -0.05) is 12.1 Å². The third kappa shape index (κ3) is 2.16. The molecule has 1 aromatic carbocycles. The van der Waals surface area contributed by atoms with Crippen LogP contribution in [0.3, 0.4) is 0 Å². The average Bonchev–Trinajstić information content (AvgIpc) is 3.29. The molecule has 5 nitrogen and oxygen atoms in total. The molecule has 0 aromatic heterocycles. The number of amides is 1. The lowest BCUT2D eigenvalue weighted by Gasteiger charge is -2.33. The molecule has 19 heavy (non-hydrogen) atoms. The van der Waals surface area contributed by atoms with Crippen LogP contribution in [-0.2, 0) is 14.3 Å². The number of anilines is 1. The Hall–Kier alpha value is -2.04. The van der Waals surface area contributed by atoms with Gasteiger partial charge in [0.1, 0.15) is 5.75 Å². The third-order valence-corrected chi connectivity index (χ3v) is 3.43. The van der Waals surface area contributed by atoms with Crippen molar-refractivity contribution in [2.24, 2.45) is 5.92 Å². The van der Waals surface area contributed by atoms with Crippen LogP contribution < -0.4 is 9.64 Å². The molecule has 0 N–H and O–H groups in total. The van der Waals surface area contributed by atoms with Crippen LogP contribution in [0.4, 0.5) is 5.69 Å². The topological polar surface area (TPSA) is 55.8 Å². The van der Waals surface area contributed by atoms with Crippen molar-refractivity contribution in [1.82, 2.24) is 0 Å². The molecule has 1 atom stereocenters. The lowest BCUT2D eigenvalue weighted by atomic mass is 10.1. The Bertz CT molecular complexity index is 524. The van der Waals surface area contributed by atoms with Crippen LogP contribution in [0.5, 0.6) is 5.75 Å². The molecule has 2 aliphatic rings. The number of benzene rings is 1. The number of carbonyl (C=O) groups excluding carboxylic acids is 2.